The summed E-state index contributed by atoms with van der Waals surface area (Å²) in [5.41, 5.74) is 1.87. The van der Waals surface area contributed by atoms with Gasteiger partial charge in [0.2, 0.25) is 0 Å². The van der Waals surface area contributed by atoms with Crippen molar-refractivity contribution in [2.75, 3.05) is 0 Å². The van der Waals surface area contributed by atoms with Crippen LogP contribution in [0, 0.1) is 0 Å². The maximum absolute atomic E-state index is 11.3. The third-order valence-corrected chi connectivity index (χ3v) is 7.80. The van der Waals surface area contributed by atoms with E-state index in [-0.39, 0.29) is 47.5 Å². The Morgan fingerprint density at radius 1 is 0.568 bits per heavy atom. The van der Waals surface area contributed by atoms with Crippen LogP contribution >= 0.6 is 0 Å². The first-order valence-corrected chi connectivity index (χ1v) is 14.8. The molecule has 0 atom stereocenters. The molecule has 6 nitrogen and oxygen atoms in total. The molecular weight excluding hydrogens is 537 g/mol. The molecule has 0 aliphatic rings. The van der Waals surface area contributed by atoms with Crippen molar-refractivity contribution in [3.63, 3.8) is 0 Å². The fraction of sp³-hybridized carbons (Fsp3) is 0.286. The maximum Gasteiger partial charge on any atom is 2.00 e. The number of rotatable bonds is 8. The van der Waals surface area contributed by atoms with Crippen molar-refractivity contribution in [2.24, 2.45) is 0 Å². The Labute approximate surface area is 249 Å². The van der Waals surface area contributed by atoms with Crippen LogP contribution in [0.2, 0.25) is 0 Å². The fourth-order valence-electron chi connectivity index (χ4n) is 4.33. The standard InChI is InChI=1S/2C14H16O3S.Ca/c2*1-2-3-6-11-7-4-8-12-9-5-10-13(14(11)12)18(15,16)17;/h2*4-5,7-10H,2-3,6H2,1H3,(H,15,16,17);/q;;+2/p-2. The van der Waals surface area contributed by atoms with Gasteiger partial charge in [0.05, 0.1) is 9.79 Å². The average molecular weight is 567 g/mol. The number of unbranched alkanes of at least 4 members (excludes halogenated alkanes) is 2. The molecule has 4 aromatic carbocycles. The summed E-state index contributed by atoms with van der Waals surface area (Å²) in [4.78, 5) is -0.210. The Hall–Kier alpha value is -1.52. The Morgan fingerprint density at radius 2 is 0.892 bits per heavy atom. The van der Waals surface area contributed by atoms with E-state index in [9.17, 15) is 25.9 Å². The minimum Gasteiger partial charge on any atom is -0.744 e. The second-order valence-electron chi connectivity index (χ2n) is 8.66. The van der Waals surface area contributed by atoms with Crippen LogP contribution in [0.15, 0.2) is 82.6 Å². The second-order valence-corrected chi connectivity index (χ2v) is 11.4. The molecule has 0 aliphatic carbocycles. The van der Waals surface area contributed by atoms with Crippen LogP contribution in [-0.2, 0) is 33.1 Å². The smallest absolute Gasteiger partial charge is 0.744 e. The van der Waals surface area contributed by atoms with Gasteiger partial charge in [0.25, 0.3) is 0 Å². The van der Waals surface area contributed by atoms with Crippen LogP contribution in [0.25, 0.3) is 21.5 Å². The first kappa shape index (κ1) is 31.7. The van der Waals surface area contributed by atoms with Crippen molar-refractivity contribution in [2.45, 2.75) is 62.2 Å². The fourth-order valence-corrected chi connectivity index (χ4v) is 5.82. The molecule has 37 heavy (non-hydrogen) atoms. The average Bonchev–Trinajstić information content (AvgIpc) is 2.84. The van der Waals surface area contributed by atoms with E-state index in [0.29, 0.717) is 10.8 Å². The van der Waals surface area contributed by atoms with Gasteiger partial charge in [-0.1, -0.05) is 87.4 Å². The minimum absolute atomic E-state index is 0. The van der Waals surface area contributed by atoms with Crippen molar-refractivity contribution in [1.29, 1.82) is 0 Å². The molecule has 4 rings (SSSR count). The van der Waals surface area contributed by atoms with Crippen LogP contribution in [0.3, 0.4) is 0 Å². The minimum atomic E-state index is -4.43. The summed E-state index contributed by atoms with van der Waals surface area (Å²) in [6.45, 7) is 4.16. The Kier molecular flexibility index (Phi) is 12.0. The summed E-state index contributed by atoms with van der Waals surface area (Å²) in [6, 6.07) is 20.9. The zero-order valence-electron chi connectivity index (χ0n) is 21.1. The van der Waals surface area contributed by atoms with Gasteiger partial charge in [-0.3, -0.25) is 0 Å². The number of hydrogen-bond donors (Lipinski definition) is 0. The molecule has 9 heteroatoms. The first-order valence-electron chi connectivity index (χ1n) is 12.0. The van der Waals surface area contributed by atoms with E-state index < -0.39 is 20.2 Å². The summed E-state index contributed by atoms with van der Waals surface area (Å²) >= 11 is 0. The van der Waals surface area contributed by atoms with Crippen LogP contribution in [0.5, 0.6) is 0 Å². The van der Waals surface area contributed by atoms with Gasteiger partial charge < -0.3 is 9.11 Å². The van der Waals surface area contributed by atoms with Gasteiger partial charge in [0.15, 0.2) is 0 Å². The molecule has 0 saturated heterocycles. The molecule has 0 N–H and O–H groups in total. The summed E-state index contributed by atoms with van der Waals surface area (Å²) in [6.07, 6.45) is 5.60. The molecule has 4 aromatic rings. The largest absolute Gasteiger partial charge is 2.00 e. The van der Waals surface area contributed by atoms with E-state index in [4.69, 9.17) is 0 Å². The topological polar surface area (TPSA) is 114 Å². The van der Waals surface area contributed by atoms with Gasteiger partial charge in [0.1, 0.15) is 20.2 Å². The molecular formula is C28H30CaO6S2. The predicted octanol–water partition coefficient (Wildman–Crippen LogP) is 5.79. The summed E-state index contributed by atoms with van der Waals surface area (Å²) in [5, 5.41) is 2.79. The molecule has 0 aromatic heterocycles. The zero-order chi connectivity index (χ0) is 26.3. The van der Waals surface area contributed by atoms with Gasteiger partial charge in [-0.25, -0.2) is 16.8 Å². The number of fused-ring (bicyclic) bond motifs is 2. The van der Waals surface area contributed by atoms with Crippen LogP contribution in [0.1, 0.15) is 50.7 Å². The predicted molar refractivity (Wildman–Crippen MR) is 147 cm³/mol. The van der Waals surface area contributed by atoms with E-state index in [1.165, 1.54) is 12.1 Å². The number of hydrogen-bond acceptors (Lipinski definition) is 6. The van der Waals surface area contributed by atoms with Gasteiger partial charge in [0, 0.05) is 10.8 Å². The third-order valence-electron chi connectivity index (χ3n) is 6.04. The number of benzene rings is 4. The first-order chi connectivity index (χ1) is 17.1. The molecule has 0 bridgehead atoms. The molecule has 0 fully saturated rings. The normalized spacial score (nSPS) is 11.6. The maximum atomic E-state index is 11.3. The molecule has 0 aliphatic heterocycles. The van der Waals surface area contributed by atoms with E-state index in [1.54, 1.807) is 12.1 Å². The summed E-state index contributed by atoms with van der Waals surface area (Å²) in [5.74, 6) is 0. The van der Waals surface area contributed by atoms with Crippen LogP contribution in [-0.4, -0.2) is 63.7 Å². The van der Waals surface area contributed by atoms with Gasteiger partial charge in [-0.05, 0) is 59.7 Å². The van der Waals surface area contributed by atoms with E-state index in [0.717, 1.165) is 60.4 Å². The molecule has 0 spiro atoms. The Morgan fingerprint density at radius 3 is 1.19 bits per heavy atom. The van der Waals surface area contributed by atoms with Crippen molar-refractivity contribution >= 4 is 79.5 Å². The van der Waals surface area contributed by atoms with Crippen molar-refractivity contribution < 1.29 is 25.9 Å². The van der Waals surface area contributed by atoms with Crippen LogP contribution in [0.4, 0.5) is 0 Å². The zero-order valence-corrected chi connectivity index (χ0v) is 25.0. The monoisotopic (exact) mass is 566 g/mol. The van der Waals surface area contributed by atoms with Crippen LogP contribution < -0.4 is 0 Å². The van der Waals surface area contributed by atoms with E-state index in [1.807, 2.05) is 48.5 Å². The van der Waals surface area contributed by atoms with Gasteiger partial charge >= 0.3 is 37.7 Å². The van der Waals surface area contributed by atoms with Crippen molar-refractivity contribution in [1.82, 2.24) is 0 Å². The summed E-state index contributed by atoms with van der Waals surface area (Å²) in [7, 11) is -8.85. The van der Waals surface area contributed by atoms with Crippen molar-refractivity contribution in [3.05, 3.63) is 83.9 Å². The summed E-state index contributed by atoms with van der Waals surface area (Å²) < 4.78 is 67.9. The quantitative estimate of drug-likeness (QED) is 0.197. The van der Waals surface area contributed by atoms with E-state index in [2.05, 4.69) is 13.8 Å². The molecule has 0 unspecified atom stereocenters. The third kappa shape index (κ3) is 8.23. The van der Waals surface area contributed by atoms with Crippen molar-refractivity contribution in [3.8, 4) is 0 Å². The van der Waals surface area contributed by atoms with E-state index >= 15 is 0 Å². The molecule has 0 radical (unpaired) electrons. The molecule has 0 amide bonds. The second kappa shape index (κ2) is 14.0. The SMILES string of the molecule is CCCCc1cccc2cccc(S(=O)(=O)[O-])c12.CCCCc1cccc2cccc(S(=O)(=O)[O-])c12.[Ca+2]. The Bertz CT molecular complexity index is 1430. The molecule has 192 valence electrons. The Balaban J connectivity index is 0.000000253. The number of aryl methyl sites for hydroxylation is 2. The van der Waals surface area contributed by atoms with Gasteiger partial charge in [-0.2, -0.15) is 0 Å². The van der Waals surface area contributed by atoms with Gasteiger partial charge in [-0.15, -0.1) is 0 Å². The molecule has 0 heterocycles. The molecule has 0 saturated carbocycles.